The third-order valence-corrected chi connectivity index (χ3v) is 2.91. The van der Waals surface area contributed by atoms with Gasteiger partial charge in [-0.3, -0.25) is 4.79 Å². The van der Waals surface area contributed by atoms with E-state index in [9.17, 15) is 4.79 Å². The van der Waals surface area contributed by atoms with Crippen LogP contribution in [0.15, 0.2) is 18.2 Å². The zero-order valence-electron chi connectivity index (χ0n) is 9.13. The maximum absolute atomic E-state index is 10.9. The van der Waals surface area contributed by atoms with Gasteiger partial charge in [-0.25, -0.2) is 0 Å². The van der Waals surface area contributed by atoms with Crippen LogP contribution < -0.4 is 5.32 Å². The molecule has 3 nitrogen and oxygen atoms in total. The van der Waals surface area contributed by atoms with E-state index in [1.54, 1.807) is 0 Å². The molecule has 1 heterocycles. The predicted octanol–water partition coefficient (Wildman–Crippen LogP) is 2.09. The summed E-state index contributed by atoms with van der Waals surface area (Å²) >= 11 is 5.94. The summed E-state index contributed by atoms with van der Waals surface area (Å²) in [5.41, 5.74) is 2.35. The van der Waals surface area contributed by atoms with Crippen LogP contribution in [0.3, 0.4) is 0 Å². The Morgan fingerprint density at radius 2 is 2.44 bits per heavy atom. The standard InChI is InChI=1S/C12H14ClNO2/c1-8(15)14-7-12-11-3-2-10(13)6-9(11)4-5-16-12/h2-3,6,12H,4-5,7H2,1H3,(H,14,15). The number of ether oxygens (including phenoxy) is 1. The predicted molar refractivity (Wildman–Crippen MR) is 62.5 cm³/mol. The molecule has 1 aliphatic rings. The van der Waals surface area contributed by atoms with Gasteiger partial charge < -0.3 is 10.1 Å². The lowest BCUT2D eigenvalue weighted by Crippen LogP contribution is -2.30. The normalized spacial score (nSPS) is 19.0. The molecular formula is C12H14ClNO2. The van der Waals surface area contributed by atoms with E-state index in [0.717, 1.165) is 17.0 Å². The molecule has 16 heavy (non-hydrogen) atoms. The van der Waals surface area contributed by atoms with E-state index >= 15 is 0 Å². The number of carbonyl (C=O) groups excluding carboxylic acids is 1. The van der Waals surface area contributed by atoms with Crippen molar-refractivity contribution in [1.82, 2.24) is 5.32 Å². The molecule has 0 aliphatic carbocycles. The molecule has 0 saturated carbocycles. The first-order valence-corrected chi connectivity index (χ1v) is 5.69. The summed E-state index contributed by atoms with van der Waals surface area (Å²) in [7, 11) is 0. The quantitative estimate of drug-likeness (QED) is 0.858. The Kier molecular flexibility index (Phi) is 3.46. The first-order chi connectivity index (χ1) is 7.66. The van der Waals surface area contributed by atoms with Gasteiger partial charge in [0.1, 0.15) is 6.10 Å². The van der Waals surface area contributed by atoms with Crippen LogP contribution in [0.4, 0.5) is 0 Å². The average molecular weight is 240 g/mol. The summed E-state index contributed by atoms with van der Waals surface area (Å²) in [4.78, 5) is 10.9. The van der Waals surface area contributed by atoms with Gasteiger partial charge in [0.15, 0.2) is 0 Å². The van der Waals surface area contributed by atoms with Crippen LogP contribution in [0.5, 0.6) is 0 Å². The van der Waals surface area contributed by atoms with Crippen molar-refractivity contribution < 1.29 is 9.53 Å². The van der Waals surface area contributed by atoms with E-state index in [-0.39, 0.29) is 12.0 Å². The summed E-state index contributed by atoms with van der Waals surface area (Å²) in [6.45, 7) is 2.70. The zero-order valence-corrected chi connectivity index (χ0v) is 9.88. The highest BCUT2D eigenvalue weighted by Crippen LogP contribution is 2.28. The molecule has 2 rings (SSSR count). The monoisotopic (exact) mass is 239 g/mol. The molecule has 1 N–H and O–H groups in total. The minimum absolute atomic E-state index is 0.0373. The van der Waals surface area contributed by atoms with Crippen molar-refractivity contribution in [3.05, 3.63) is 34.3 Å². The van der Waals surface area contributed by atoms with E-state index in [1.165, 1.54) is 12.5 Å². The fraction of sp³-hybridized carbons (Fsp3) is 0.417. The fourth-order valence-electron chi connectivity index (χ4n) is 1.91. The second-order valence-corrected chi connectivity index (χ2v) is 4.33. The summed E-state index contributed by atoms with van der Waals surface area (Å²) < 4.78 is 5.64. The van der Waals surface area contributed by atoms with Crippen molar-refractivity contribution in [1.29, 1.82) is 0 Å². The van der Waals surface area contributed by atoms with Gasteiger partial charge in [-0.1, -0.05) is 17.7 Å². The second-order valence-electron chi connectivity index (χ2n) is 3.89. The van der Waals surface area contributed by atoms with Gasteiger partial charge in [0.05, 0.1) is 6.61 Å². The number of fused-ring (bicyclic) bond motifs is 1. The second kappa shape index (κ2) is 4.85. The van der Waals surface area contributed by atoms with Crippen LogP contribution in [-0.2, 0) is 16.0 Å². The molecule has 1 aliphatic heterocycles. The minimum Gasteiger partial charge on any atom is -0.371 e. The zero-order chi connectivity index (χ0) is 11.5. The van der Waals surface area contributed by atoms with Crippen LogP contribution >= 0.6 is 11.6 Å². The third kappa shape index (κ3) is 2.54. The van der Waals surface area contributed by atoms with Gasteiger partial charge in [0.2, 0.25) is 5.91 Å². The molecule has 1 unspecified atom stereocenters. The lowest BCUT2D eigenvalue weighted by atomic mass is 9.97. The minimum atomic E-state index is -0.0510. The molecule has 86 valence electrons. The van der Waals surface area contributed by atoms with Gasteiger partial charge in [-0.15, -0.1) is 0 Å². The van der Waals surface area contributed by atoms with Crippen molar-refractivity contribution in [2.45, 2.75) is 19.4 Å². The van der Waals surface area contributed by atoms with Crippen LogP contribution in [0.1, 0.15) is 24.2 Å². The molecule has 0 spiro atoms. The van der Waals surface area contributed by atoms with Gasteiger partial charge in [0.25, 0.3) is 0 Å². The van der Waals surface area contributed by atoms with Crippen molar-refractivity contribution in [2.24, 2.45) is 0 Å². The van der Waals surface area contributed by atoms with Gasteiger partial charge >= 0.3 is 0 Å². The first-order valence-electron chi connectivity index (χ1n) is 5.31. The topological polar surface area (TPSA) is 38.3 Å². The Labute approximate surface area is 99.7 Å². The van der Waals surface area contributed by atoms with Crippen molar-refractivity contribution in [3.8, 4) is 0 Å². The van der Waals surface area contributed by atoms with Crippen LogP contribution in [0.2, 0.25) is 5.02 Å². The maximum atomic E-state index is 10.9. The Balaban J connectivity index is 2.16. The van der Waals surface area contributed by atoms with Crippen LogP contribution in [0, 0.1) is 0 Å². The molecule has 1 aromatic rings. The molecule has 1 aromatic carbocycles. The fourth-order valence-corrected chi connectivity index (χ4v) is 2.11. The summed E-state index contributed by atoms with van der Waals surface area (Å²) in [5.74, 6) is -0.0373. The van der Waals surface area contributed by atoms with Crippen molar-refractivity contribution in [2.75, 3.05) is 13.2 Å². The first kappa shape index (κ1) is 11.4. The van der Waals surface area contributed by atoms with Crippen LogP contribution in [0.25, 0.3) is 0 Å². The molecule has 0 radical (unpaired) electrons. The average Bonchev–Trinajstić information content (AvgIpc) is 2.25. The van der Waals surface area contributed by atoms with E-state index in [2.05, 4.69) is 5.32 Å². The number of carbonyl (C=O) groups is 1. The molecule has 0 saturated heterocycles. The maximum Gasteiger partial charge on any atom is 0.216 e. The van der Waals surface area contributed by atoms with Gasteiger partial charge in [-0.05, 0) is 29.7 Å². The highest BCUT2D eigenvalue weighted by atomic mass is 35.5. The van der Waals surface area contributed by atoms with Gasteiger partial charge in [-0.2, -0.15) is 0 Å². The Hall–Kier alpha value is -1.06. The lowest BCUT2D eigenvalue weighted by molar-refractivity contribution is -0.119. The highest BCUT2D eigenvalue weighted by molar-refractivity contribution is 6.30. The van der Waals surface area contributed by atoms with Crippen molar-refractivity contribution >= 4 is 17.5 Å². The number of hydrogen-bond acceptors (Lipinski definition) is 2. The van der Waals surface area contributed by atoms with E-state index in [0.29, 0.717) is 13.2 Å². The number of halogens is 1. The molecular weight excluding hydrogens is 226 g/mol. The van der Waals surface area contributed by atoms with E-state index < -0.39 is 0 Å². The molecule has 1 atom stereocenters. The number of benzene rings is 1. The van der Waals surface area contributed by atoms with Gasteiger partial charge in [0, 0.05) is 18.5 Å². The lowest BCUT2D eigenvalue weighted by Gasteiger charge is -2.26. The SMILES string of the molecule is CC(=O)NCC1OCCc2cc(Cl)ccc21. The number of rotatable bonds is 2. The number of amides is 1. The van der Waals surface area contributed by atoms with Crippen LogP contribution in [-0.4, -0.2) is 19.1 Å². The van der Waals surface area contributed by atoms with E-state index in [4.69, 9.17) is 16.3 Å². The molecule has 0 bridgehead atoms. The molecule has 0 aromatic heterocycles. The van der Waals surface area contributed by atoms with Crippen molar-refractivity contribution in [3.63, 3.8) is 0 Å². The Bertz CT molecular complexity index is 406. The van der Waals surface area contributed by atoms with E-state index in [1.807, 2.05) is 18.2 Å². The highest BCUT2D eigenvalue weighted by Gasteiger charge is 2.20. The summed E-state index contributed by atoms with van der Waals surface area (Å²) in [6, 6.07) is 5.80. The Morgan fingerprint density at radius 1 is 1.62 bits per heavy atom. The third-order valence-electron chi connectivity index (χ3n) is 2.68. The number of nitrogens with one attached hydrogen (secondary N) is 1. The summed E-state index contributed by atoms with van der Waals surface area (Å²) in [5, 5.41) is 3.52. The largest absolute Gasteiger partial charge is 0.371 e. The molecule has 0 fully saturated rings. The Morgan fingerprint density at radius 3 is 3.19 bits per heavy atom. The summed E-state index contributed by atoms with van der Waals surface area (Å²) in [6.07, 6.45) is 0.830. The molecule has 4 heteroatoms. The number of hydrogen-bond donors (Lipinski definition) is 1. The molecule has 1 amide bonds. The smallest absolute Gasteiger partial charge is 0.216 e.